The van der Waals surface area contributed by atoms with Gasteiger partial charge in [0.2, 0.25) is 0 Å². The largest absolute Gasteiger partial charge is 0.448 e. The SMILES string of the molecule is NNC(c1cc(F)cc(F)c1)c1ccc(Cl)o1. The van der Waals surface area contributed by atoms with Gasteiger partial charge in [-0.3, -0.25) is 5.84 Å². The van der Waals surface area contributed by atoms with Crippen LogP contribution in [0, 0.1) is 11.6 Å². The number of rotatable bonds is 3. The van der Waals surface area contributed by atoms with Crippen LogP contribution in [0.25, 0.3) is 0 Å². The Morgan fingerprint density at radius 1 is 1.18 bits per heavy atom. The highest BCUT2D eigenvalue weighted by Crippen LogP contribution is 2.26. The maximum Gasteiger partial charge on any atom is 0.193 e. The summed E-state index contributed by atoms with van der Waals surface area (Å²) in [6.45, 7) is 0. The normalized spacial score (nSPS) is 12.7. The highest BCUT2D eigenvalue weighted by molar-refractivity contribution is 6.28. The van der Waals surface area contributed by atoms with E-state index >= 15 is 0 Å². The average Bonchev–Trinajstić information content (AvgIpc) is 2.64. The Bertz CT molecular complexity index is 510. The Hall–Kier alpha value is -1.43. The number of benzene rings is 1. The van der Waals surface area contributed by atoms with Gasteiger partial charge in [-0.05, 0) is 41.4 Å². The van der Waals surface area contributed by atoms with Crippen molar-refractivity contribution in [1.29, 1.82) is 0 Å². The van der Waals surface area contributed by atoms with Crippen molar-refractivity contribution in [3.05, 3.63) is 58.5 Å². The molecular weight excluding hydrogens is 250 g/mol. The third-order valence-corrected chi connectivity index (χ3v) is 2.47. The van der Waals surface area contributed by atoms with Crippen molar-refractivity contribution in [2.45, 2.75) is 6.04 Å². The molecule has 17 heavy (non-hydrogen) atoms. The molecule has 0 saturated heterocycles. The molecule has 1 aromatic heterocycles. The summed E-state index contributed by atoms with van der Waals surface area (Å²) < 4.78 is 31.3. The fourth-order valence-electron chi connectivity index (χ4n) is 1.57. The molecule has 0 aliphatic carbocycles. The Balaban J connectivity index is 2.41. The van der Waals surface area contributed by atoms with Gasteiger partial charge in [-0.2, -0.15) is 0 Å². The molecule has 0 spiro atoms. The molecule has 3 N–H and O–H groups in total. The summed E-state index contributed by atoms with van der Waals surface area (Å²) in [6.07, 6.45) is 0. The lowest BCUT2D eigenvalue weighted by Crippen LogP contribution is -2.28. The smallest absolute Gasteiger partial charge is 0.193 e. The van der Waals surface area contributed by atoms with Crippen molar-refractivity contribution in [3.63, 3.8) is 0 Å². The summed E-state index contributed by atoms with van der Waals surface area (Å²) in [5.41, 5.74) is 2.73. The van der Waals surface area contributed by atoms with Gasteiger partial charge < -0.3 is 4.42 Å². The highest BCUT2D eigenvalue weighted by Gasteiger charge is 2.17. The van der Waals surface area contributed by atoms with Crippen LogP contribution in [0.5, 0.6) is 0 Å². The summed E-state index contributed by atoms with van der Waals surface area (Å²) >= 11 is 5.63. The predicted molar refractivity (Wildman–Crippen MR) is 59.2 cm³/mol. The van der Waals surface area contributed by atoms with E-state index in [1.165, 1.54) is 18.2 Å². The van der Waals surface area contributed by atoms with Crippen LogP contribution in [-0.2, 0) is 0 Å². The standard InChI is InChI=1S/C11H9ClF2N2O/c12-10-2-1-9(17-10)11(16-15)6-3-7(13)5-8(14)4-6/h1-5,11,16H,15H2. The molecule has 2 rings (SSSR count). The van der Waals surface area contributed by atoms with E-state index in [0.717, 1.165) is 6.07 Å². The van der Waals surface area contributed by atoms with Gasteiger partial charge in [0, 0.05) is 6.07 Å². The molecule has 1 atom stereocenters. The van der Waals surface area contributed by atoms with E-state index in [9.17, 15) is 8.78 Å². The molecule has 1 heterocycles. The molecule has 3 nitrogen and oxygen atoms in total. The van der Waals surface area contributed by atoms with Crippen molar-refractivity contribution in [1.82, 2.24) is 5.43 Å². The first-order chi connectivity index (χ1) is 8.10. The number of nitrogens with one attached hydrogen (secondary N) is 1. The molecule has 0 amide bonds. The van der Waals surface area contributed by atoms with Crippen LogP contribution in [0.15, 0.2) is 34.7 Å². The minimum Gasteiger partial charge on any atom is -0.448 e. The minimum absolute atomic E-state index is 0.178. The molecule has 6 heteroatoms. The number of hydrazine groups is 1. The third-order valence-electron chi connectivity index (χ3n) is 2.26. The molecule has 0 aliphatic heterocycles. The van der Waals surface area contributed by atoms with Crippen molar-refractivity contribution < 1.29 is 13.2 Å². The molecule has 0 aliphatic rings. The Morgan fingerprint density at radius 3 is 2.29 bits per heavy atom. The quantitative estimate of drug-likeness (QED) is 0.657. The van der Waals surface area contributed by atoms with Gasteiger partial charge in [-0.1, -0.05) is 0 Å². The Morgan fingerprint density at radius 2 is 1.82 bits per heavy atom. The minimum atomic E-state index is -0.682. The number of hydrogen-bond donors (Lipinski definition) is 2. The topological polar surface area (TPSA) is 51.2 Å². The van der Waals surface area contributed by atoms with E-state index in [4.69, 9.17) is 21.9 Å². The fraction of sp³-hybridized carbons (Fsp3) is 0.0909. The Kier molecular flexibility index (Phi) is 3.42. The monoisotopic (exact) mass is 258 g/mol. The van der Waals surface area contributed by atoms with Crippen LogP contribution in [0.2, 0.25) is 5.22 Å². The second-order valence-electron chi connectivity index (χ2n) is 3.44. The number of nitrogens with two attached hydrogens (primary N) is 1. The molecule has 0 bridgehead atoms. The maximum atomic E-state index is 13.1. The molecule has 0 radical (unpaired) electrons. The van der Waals surface area contributed by atoms with Gasteiger partial charge >= 0.3 is 0 Å². The summed E-state index contributed by atoms with van der Waals surface area (Å²) in [5, 5.41) is 0.178. The lowest BCUT2D eigenvalue weighted by Gasteiger charge is -2.13. The van der Waals surface area contributed by atoms with Gasteiger partial charge in [0.25, 0.3) is 0 Å². The van der Waals surface area contributed by atoms with Crippen molar-refractivity contribution in [3.8, 4) is 0 Å². The molecule has 1 aromatic carbocycles. The van der Waals surface area contributed by atoms with E-state index in [1.807, 2.05) is 0 Å². The van der Waals surface area contributed by atoms with Gasteiger partial charge in [0.1, 0.15) is 23.4 Å². The maximum absolute atomic E-state index is 13.1. The van der Waals surface area contributed by atoms with Crippen LogP contribution < -0.4 is 11.3 Å². The summed E-state index contributed by atoms with van der Waals surface area (Å²) in [5.74, 6) is 4.36. The first kappa shape index (κ1) is 12.0. The number of halogens is 3. The van der Waals surface area contributed by atoms with Crippen molar-refractivity contribution in [2.75, 3.05) is 0 Å². The van der Waals surface area contributed by atoms with Gasteiger partial charge in [0.05, 0.1) is 0 Å². The summed E-state index contributed by atoms with van der Waals surface area (Å²) in [4.78, 5) is 0. The highest BCUT2D eigenvalue weighted by atomic mass is 35.5. The number of hydrogen-bond acceptors (Lipinski definition) is 3. The lowest BCUT2D eigenvalue weighted by molar-refractivity contribution is 0.450. The van der Waals surface area contributed by atoms with E-state index in [0.29, 0.717) is 11.3 Å². The van der Waals surface area contributed by atoms with Crippen LogP contribution >= 0.6 is 11.6 Å². The van der Waals surface area contributed by atoms with Gasteiger partial charge in [-0.25, -0.2) is 14.2 Å². The molecule has 1 unspecified atom stereocenters. The van der Waals surface area contributed by atoms with E-state index < -0.39 is 17.7 Å². The van der Waals surface area contributed by atoms with Crippen LogP contribution in [0.3, 0.4) is 0 Å². The molecule has 0 fully saturated rings. The molecular formula is C11H9ClF2N2O. The van der Waals surface area contributed by atoms with Crippen LogP contribution in [0.1, 0.15) is 17.4 Å². The van der Waals surface area contributed by atoms with Crippen LogP contribution in [-0.4, -0.2) is 0 Å². The van der Waals surface area contributed by atoms with E-state index in [2.05, 4.69) is 5.43 Å². The fourth-order valence-corrected chi connectivity index (χ4v) is 1.72. The number of furan rings is 1. The van der Waals surface area contributed by atoms with Crippen molar-refractivity contribution in [2.24, 2.45) is 5.84 Å². The first-order valence-electron chi connectivity index (χ1n) is 4.77. The van der Waals surface area contributed by atoms with E-state index in [-0.39, 0.29) is 5.22 Å². The molecule has 0 saturated carbocycles. The Labute approximate surface area is 101 Å². The van der Waals surface area contributed by atoms with Crippen molar-refractivity contribution >= 4 is 11.6 Å². The summed E-state index contributed by atoms with van der Waals surface area (Å²) in [6, 6.07) is 5.57. The van der Waals surface area contributed by atoms with Gasteiger partial charge in [-0.15, -0.1) is 0 Å². The zero-order valence-electron chi connectivity index (χ0n) is 8.58. The first-order valence-corrected chi connectivity index (χ1v) is 5.15. The molecule has 2 aromatic rings. The van der Waals surface area contributed by atoms with E-state index in [1.54, 1.807) is 6.07 Å². The molecule has 90 valence electrons. The zero-order valence-corrected chi connectivity index (χ0v) is 9.34. The lowest BCUT2D eigenvalue weighted by atomic mass is 10.1. The second kappa shape index (κ2) is 4.83. The van der Waals surface area contributed by atoms with Crippen LogP contribution in [0.4, 0.5) is 8.78 Å². The van der Waals surface area contributed by atoms with Gasteiger partial charge in [0.15, 0.2) is 5.22 Å². The third kappa shape index (κ3) is 2.63. The summed E-state index contributed by atoms with van der Waals surface area (Å²) in [7, 11) is 0. The predicted octanol–water partition coefficient (Wildman–Crippen LogP) is 2.76. The zero-order chi connectivity index (χ0) is 12.4. The average molecular weight is 259 g/mol. The second-order valence-corrected chi connectivity index (χ2v) is 3.82.